The van der Waals surface area contributed by atoms with Gasteiger partial charge in [0, 0.05) is 17.1 Å². The molecule has 0 atom stereocenters. The van der Waals surface area contributed by atoms with E-state index in [1.165, 1.54) is 16.9 Å². The third kappa shape index (κ3) is 2.86. The number of nitrogens with zero attached hydrogens (tertiary/aromatic N) is 3. The van der Waals surface area contributed by atoms with Crippen molar-refractivity contribution in [3.05, 3.63) is 56.7 Å². The Balaban J connectivity index is 1.65. The van der Waals surface area contributed by atoms with Crippen molar-refractivity contribution in [3.8, 4) is 0 Å². The zero-order chi connectivity index (χ0) is 19.3. The van der Waals surface area contributed by atoms with E-state index in [1.807, 2.05) is 19.1 Å². The number of fused-ring (bicyclic) bond motifs is 4. The molecule has 7 heteroatoms. The van der Waals surface area contributed by atoms with Gasteiger partial charge >= 0.3 is 0 Å². The first-order chi connectivity index (χ1) is 13.6. The summed E-state index contributed by atoms with van der Waals surface area (Å²) in [5.74, 6) is 0.566. The maximum atomic E-state index is 13.3. The third-order valence-electron chi connectivity index (χ3n) is 5.14. The van der Waals surface area contributed by atoms with Crippen molar-refractivity contribution in [3.63, 3.8) is 0 Å². The van der Waals surface area contributed by atoms with E-state index < -0.39 is 0 Å². The van der Waals surface area contributed by atoms with Crippen LogP contribution in [0, 0.1) is 6.92 Å². The lowest BCUT2D eigenvalue weighted by Crippen LogP contribution is -2.24. The molecule has 1 aliphatic rings. The minimum Gasteiger partial charge on any atom is -0.325 e. The van der Waals surface area contributed by atoms with Crippen LogP contribution >= 0.6 is 22.7 Å². The second-order valence-corrected chi connectivity index (χ2v) is 9.39. The van der Waals surface area contributed by atoms with Crippen LogP contribution < -0.4 is 10.9 Å². The Morgan fingerprint density at radius 3 is 2.96 bits per heavy atom. The van der Waals surface area contributed by atoms with E-state index in [4.69, 9.17) is 4.98 Å². The fraction of sp³-hybridized carbons (Fsp3) is 0.286. The zero-order valence-electron chi connectivity index (χ0n) is 15.6. The topological polar surface area (TPSA) is 59.8 Å². The summed E-state index contributed by atoms with van der Waals surface area (Å²) in [4.78, 5) is 24.8. The molecule has 0 saturated carbocycles. The number of benzene rings is 1. The van der Waals surface area contributed by atoms with Crippen molar-refractivity contribution in [2.75, 3.05) is 5.32 Å². The zero-order valence-corrected chi connectivity index (χ0v) is 17.3. The number of rotatable bonds is 4. The van der Waals surface area contributed by atoms with E-state index in [0.717, 1.165) is 50.4 Å². The predicted octanol–water partition coefficient (Wildman–Crippen LogP) is 5.18. The second-order valence-electron chi connectivity index (χ2n) is 7.07. The first-order valence-corrected chi connectivity index (χ1v) is 11.1. The van der Waals surface area contributed by atoms with E-state index in [-0.39, 0.29) is 5.56 Å². The molecule has 0 amide bonds. The summed E-state index contributed by atoms with van der Waals surface area (Å²) in [7, 11) is 0. The molecule has 0 unspecified atom stereocenters. The van der Waals surface area contributed by atoms with Gasteiger partial charge in [0.25, 0.3) is 5.56 Å². The fourth-order valence-electron chi connectivity index (χ4n) is 3.88. The Bertz CT molecular complexity index is 1280. The maximum Gasteiger partial charge on any atom is 0.264 e. The standard InChI is InChI=1S/C21H20N4OS2/c1-3-10-25-20(26)18-14-6-4-5-7-16(14)28-19(18)24-21(25)23-13-8-9-15-17(11-13)27-12(2)22-15/h3,8-9,11H,1,4-7,10H2,2H3,(H,23,24). The van der Waals surface area contributed by atoms with E-state index in [0.29, 0.717) is 12.5 Å². The molecule has 0 fully saturated rings. The molecule has 142 valence electrons. The first-order valence-electron chi connectivity index (χ1n) is 9.44. The van der Waals surface area contributed by atoms with Gasteiger partial charge in [-0.3, -0.25) is 9.36 Å². The Labute approximate surface area is 170 Å². The second kappa shape index (κ2) is 6.83. The summed E-state index contributed by atoms with van der Waals surface area (Å²) in [5, 5.41) is 5.21. The molecule has 3 heterocycles. The molecule has 1 aliphatic carbocycles. The van der Waals surface area contributed by atoms with Gasteiger partial charge in [-0.1, -0.05) is 6.08 Å². The van der Waals surface area contributed by atoms with Gasteiger partial charge in [-0.2, -0.15) is 0 Å². The van der Waals surface area contributed by atoms with Crippen LogP contribution in [0.15, 0.2) is 35.6 Å². The molecule has 5 nitrogen and oxygen atoms in total. The van der Waals surface area contributed by atoms with E-state index in [1.54, 1.807) is 33.3 Å². The van der Waals surface area contributed by atoms with E-state index in [2.05, 4.69) is 22.9 Å². The Morgan fingerprint density at radius 1 is 1.25 bits per heavy atom. The van der Waals surface area contributed by atoms with Crippen LogP contribution in [0.3, 0.4) is 0 Å². The van der Waals surface area contributed by atoms with Gasteiger partial charge in [0.2, 0.25) is 5.95 Å². The van der Waals surface area contributed by atoms with Gasteiger partial charge < -0.3 is 5.32 Å². The largest absolute Gasteiger partial charge is 0.325 e. The molecule has 0 saturated heterocycles. The van der Waals surface area contributed by atoms with Gasteiger partial charge in [-0.25, -0.2) is 9.97 Å². The summed E-state index contributed by atoms with van der Waals surface area (Å²) >= 11 is 3.33. The molecule has 3 aromatic heterocycles. The summed E-state index contributed by atoms with van der Waals surface area (Å²) in [5.41, 5.74) is 3.14. The molecule has 0 spiro atoms. The number of nitrogens with one attached hydrogen (secondary N) is 1. The van der Waals surface area contributed by atoms with Crippen molar-refractivity contribution in [1.29, 1.82) is 0 Å². The van der Waals surface area contributed by atoms with Crippen molar-refractivity contribution in [2.45, 2.75) is 39.2 Å². The highest BCUT2D eigenvalue weighted by Crippen LogP contribution is 2.34. The Morgan fingerprint density at radius 2 is 2.11 bits per heavy atom. The number of hydrogen-bond acceptors (Lipinski definition) is 6. The molecule has 0 aliphatic heterocycles. The third-order valence-corrected chi connectivity index (χ3v) is 7.26. The van der Waals surface area contributed by atoms with Crippen molar-refractivity contribution < 1.29 is 0 Å². The number of aryl methyl sites for hydroxylation is 3. The lowest BCUT2D eigenvalue weighted by molar-refractivity contribution is 0.698. The molecule has 5 rings (SSSR count). The van der Waals surface area contributed by atoms with Crippen molar-refractivity contribution >= 4 is 54.7 Å². The predicted molar refractivity (Wildman–Crippen MR) is 118 cm³/mol. The minimum atomic E-state index is 0.0292. The molecule has 0 radical (unpaired) electrons. The lowest BCUT2D eigenvalue weighted by atomic mass is 9.97. The van der Waals surface area contributed by atoms with Crippen LogP contribution in [-0.4, -0.2) is 14.5 Å². The van der Waals surface area contributed by atoms with Crippen LogP contribution in [0.4, 0.5) is 11.6 Å². The number of allylic oxidation sites excluding steroid dienone is 1. The van der Waals surface area contributed by atoms with Crippen LogP contribution in [0.1, 0.15) is 28.3 Å². The highest BCUT2D eigenvalue weighted by molar-refractivity contribution is 7.19. The van der Waals surface area contributed by atoms with E-state index >= 15 is 0 Å². The molecule has 28 heavy (non-hydrogen) atoms. The average Bonchev–Trinajstić information content (AvgIpc) is 3.23. The maximum absolute atomic E-state index is 13.3. The van der Waals surface area contributed by atoms with E-state index in [9.17, 15) is 4.79 Å². The fourth-order valence-corrected chi connectivity index (χ4v) is 6.00. The molecule has 1 aromatic carbocycles. The van der Waals surface area contributed by atoms with Crippen LogP contribution in [0.2, 0.25) is 0 Å². The van der Waals surface area contributed by atoms with Crippen molar-refractivity contribution in [2.24, 2.45) is 0 Å². The highest BCUT2D eigenvalue weighted by atomic mass is 32.1. The molecule has 1 N–H and O–H groups in total. The monoisotopic (exact) mass is 408 g/mol. The van der Waals surface area contributed by atoms with Crippen LogP contribution in [-0.2, 0) is 19.4 Å². The molecule has 0 bridgehead atoms. The molecule has 4 aromatic rings. The highest BCUT2D eigenvalue weighted by Gasteiger charge is 2.22. The van der Waals surface area contributed by atoms with Gasteiger partial charge in [0.1, 0.15) is 4.83 Å². The smallest absolute Gasteiger partial charge is 0.264 e. The first kappa shape index (κ1) is 17.6. The summed E-state index contributed by atoms with van der Waals surface area (Å²) in [6.07, 6.45) is 6.12. The van der Waals surface area contributed by atoms with Gasteiger partial charge in [0.15, 0.2) is 0 Å². The number of aromatic nitrogens is 3. The van der Waals surface area contributed by atoms with Crippen molar-refractivity contribution in [1.82, 2.24) is 14.5 Å². The van der Waals surface area contributed by atoms with Gasteiger partial charge in [-0.15, -0.1) is 29.3 Å². The minimum absolute atomic E-state index is 0.0292. The quantitative estimate of drug-likeness (QED) is 0.473. The van der Waals surface area contributed by atoms with Gasteiger partial charge in [-0.05, 0) is 56.4 Å². The van der Waals surface area contributed by atoms with Gasteiger partial charge in [0.05, 0.1) is 20.6 Å². The summed E-state index contributed by atoms with van der Waals surface area (Å²) in [6, 6.07) is 6.04. The lowest BCUT2D eigenvalue weighted by Gasteiger charge is -2.13. The SMILES string of the molecule is C=CCn1c(Nc2ccc3nc(C)sc3c2)nc2sc3c(c2c1=O)CCCC3. The summed E-state index contributed by atoms with van der Waals surface area (Å²) < 4.78 is 2.81. The molecular formula is C21H20N4OS2. The normalized spacial score (nSPS) is 13.8. The Hall–Kier alpha value is -2.51. The number of thiazole rings is 1. The van der Waals surface area contributed by atoms with Crippen LogP contribution in [0.25, 0.3) is 20.4 Å². The number of anilines is 2. The summed E-state index contributed by atoms with van der Waals surface area (Å²) in [6.45, 7) is 6.26. The average molecular weight is 409 g/mol. The van der Waals surface area contributed by atoms with Crippen LogP contribution in [0.5, 0.6) is 0 Å². The number of thiophene rings is 1. The number of hydrogen-bond donors (Lipinski definition) is 1. The molecular weight excluding hydrogens is 388 g/mol. The Kier molecular flexibility index (Phi) is 4.29.